The van der Waals surface area contributed by atoms with Crippen molar-refractivity contribution in [2.75, 3.05) is 33.7 Å². The van der Waals surface area contributed by atoms with Gasteiger partial charge in [-0.05, 0) is 71.5 Å². The van der Waals surface area contributed by atoms with Gasteiger partial charge in [-0.25, -0.2) is 0 Å². The fourth-order valence-electron chi connectivity index (χ4n) is 1.58. The number of halogens is 2. The predicted molar refractivity (Wildman–Crippen MR) is 82.1 cm³/mol. The molecule has 1 N–H and O–H groups in total. The summed E-state index contributed by atoms with van der Waals surface area (Å²) in [6, 6.07) is 1.77. The van der Waals surface area contributed by atoms with Crippen molar-refractivity contribution in [3.05, 3.63) is 31.6 Å². The third kappa shape index (κ3) is 5.65. The van der Waals surface area contributed by atoms with Crippen molar-refractivity contribution < 1.29 is 0 Å². The van der Waals surface area contributed by atoms with Crippen LogP contribution in [0.3, 0.4) is 0 Å². The van der Waals surface area contributed by atoms with Gasteiger partial charge in [-0.3, -0.25) is 4.79 Å². The lowest BCUT2D eigenvalue weighted by molar-refractivity contribution is 0.393. The van der Waals surface area contributed by atoms with E-state index in [1.807, 2.05) is 6.20 Å². The number of pyridine rings is 1. The minimum absolute atomic E-state index is 0.00768. The minimum atomic E-state index is 0.00768. The summed E-state index contributed by atoms with van der Waals surface area (Å²) in [7, 11) is 4.14. The molecule has 0 fully saturated rings. The highest BCUT2D eigenvalue weighted by Crippen LogP contribution is 2.12. The van der Waals surface area contributed by atoms with Gasteiger partial charge in [-0.1, -0.05) is 0 Å². The van der Waals surface area contributed by atoms with E-state index in [4.69, 9.17) is 0 Å². The van der Waals surface area contributed by atoms with Gasteiger partial charge in [0.25, 0.3) is 5.56 Å². The highest BCUT2D eigenvalue weighted by molar-refractivity contribution is 9.11. The lowest BCUT2D eigenvalue weighted by Crippen LogP contribution is -2.28. The van der Waals surface area contributed by atoms with E-state index in [0.29, 0.717) is 11.0 Å². The van der Waals surface area contributed by atoms with Crippen LogP contribution in [0, 0.1) is 0 Å². The summed E-state index contributed by atoms with van der Waals surface area (Å²) in [5.41, 5.74) is 0.00768. The standard InChI is InChI=1S/C12H19Br2N3O/c1-16(2)6-3-4-15-5-7-17-9-10(13)8-11(14)12(17)18/h8-9,15H,3-7H2,1-2H3. The van der Waals surface area contributed by atoms with Gasteiger partial charge >= 0.3 is 0 Å². The molecule has 0 aliphatic carbocycles. The highest BCUT2D eigenvalue weighted by atomic mass is 79.9. The molecule has 0 aliphatic heterocycles. The zero-order valence-electron chi connectivity index (χ0n) is 10.7. The largest absolute Gasteiger partial charge is 0.315 e. The second-order valence-electron chi connectivity index (χ2n) is 4.41. The Morgan fingerprint density at radius 2 is 2.06 bits per heavy atom. The van der Waals surface area contributed by atoms with Crippen molar-refractivity contribution in [3.63, 3.8) is 0 Å². The Bertz CT molecular complexity index is 432. The molecule has 0 bridgehead atoms. The SMILES string of the molecule is CN(C)CCCNCCn1cc(Br)cc(Br)c1=O. The van der Waals surface area contributed by atoms with Gasteiger partial charge in [0, 0.05) is 23.8 Å². The van der Waals surface area contributed by atoms with Gasteiger partial charge < -0.3 is 14.8 Å². The van der Waals surface area contributed by atoms with E-state index in [9.17, 15) is 4.79 Å². The van der Waals surface area contributed by atoms with Gasteiger partial charge in [0.1, 0.15) is 0 Å². The molecule has 4 nitrogen and oxygen atoms in total. The fraction of sp³-hybridized carbons (Fsp3) is 0.583. The summed E-state index contributed by atoms with van der Waals surface area (Å²) < 4.78 is 3.19. The lowest BCUT2D eigenvalue weighted by atomic mass is 10.4. The van der Waals surface area contributed by atoms with Crippen LogP contribution in [0.15, 0.2) is 26.0 Å². The van der Waals surface area contributed by atoms with Crippen LogP contribution in [0.4, 0.5) is 0 Å². The van der Waals surface area contributed by atoms with E-state index in [-0.39, 0.29) is 5.56 Å². The van der Waals surface area contributed by atoms with E-state index < -0.39 is 0 Å². The van der Waals surface area contributed by atoms with Crippen molar-refractivity contribution in [2.24, 2.45) is 0 Å². The highest BCUT2D eigenvalue weighted by Gasteiger charge is 2.02. The maximum atomic E-state index is 11.8. The molecule has 0 unspecified atom stereocenters. The minimum Gasteiger partial charge on any atom is -0.315 e. The first-order valence-corrected chi connectivity index (χ1v) is 7.50. The second kappa shape index (κ2) is 8.09. The van der Waals surface area contributed by atoms with Crippen molar-refractivity contribution in [3.8, 4) is 0 Å². The normalized spacial score (nSPS) is 11.2. The molecule has 6 heteroatoms. The smallest absolute Gasteiger partial charge is 0.264 e. The Kier molecular flexibility index (Phi) is 7.14. The average Bonchev–Trinajstić information content (AvgIpc) is 2.29. The molecule has 1 aromatic heterocycles. The number of rotatable bonds is 7. The predicted octanol–water partition coefficient (Wildman–Crippen LogP) is 1.91. The summed E-state index contributed by atoms with van der Waals surface area (Å²) in [4.78, 5) is 14.0. The maximum absolute atomic E-state index is 11.8. The molecule has 0 saturated carbocycles. The van der Waals surface area contributed by atoms with E-state index in [1.165, 1.54) is 0 Å². The van der Waals surface area contributed by atoms with Gasteiger partial charge in [0.15, 0.2) is 0 Å². The third-order valence-electron chi connectivity index (χ3n) is 2.50. The third-order valence-corrected chi connectivity index (χ3v) is 3.50. The van der Waals surface area contributed by atoms with Crippen LogP contribution in [0.2, 0.25) is 0 Å². The molecule has 0 aromatic carbocycles. The van der Waals surface area contributed by atoms with Crippen LogP contribution in [0.1, 0.15) is 6.42 Å². The fourth-order valence-corrected chi connectivity index (χ4v) is 2.83. The van der Waals surface area contributed by atoms with Crippen LogP contribution < -0.4 is 10.9 Å². The van der Waals surface area contributed by atoms with Crippen LogP contribution in [0.5, 0.6) is 0 Å². The van der Waals surface area contributed by atoms with Crippen molar-refractivity contribution in [2.45, 2.75) is 13.0 Å². The zero-order chi connectivity index (χ0) is 13.5. The second-order valence-corrected chi connectivity index (χ2v) is 6.18. The molecule has 0 aliphatic rings. The Morgan fingerprint density at radius 1 is 1.33 bits per heavy atom. The van der Waals surface area contributed by atoms with Crippen molar-refractivity contribution in [1.82, 2.24) is 14.8 Å². The maximum Gasteiger partial charge on any atom is 0.264 e. The molecule has 0 spiro atoms. The summed E-state index contributed by atoms with van der Waals surface area (Å²) in [5, 5.41) is 3.34. The first-order valence-electron chi connectivity index (χ1n) is 5.91. The summed E-state index contributed by atoms with van der Waals surface area (Å²) in [6.45, 7) is 3.53. The average molecular weight is 381 g/mol. The molecular weight excluding hydrogens is 362 g/mol. The van der Waals surface area contributed by atoms with Gasteiger partial charge in [-0.2, -0.15) is 0 Å². The molecule has 1 heterocycles. The van der Waals surface area contributed by atoms with Crippen LogP contribution in [-0.4, -0.2) is 43.2 Å². The monoisotopic (exact) mass is 379 g/mol. The molecule has 0 saturated heterocycles. The number of aromatic nitrogens is 1. The van der Waals surface area contributed by atoms with Gasteiger partial charge in [-0.15, -0.1) is 0 Å². The van der Waals surface area contributed by atoms with E-state index >= 15 is 0 Å². The lowest BCUT2D eigenvalue weighted by Gasteiger charge is -2.11. The molecule has 102 valence electrons. The van der Waals surface area contributed by atoms with Crippen molar-refractivity contribution in [1.29, 1.82) is 0 Å². The topological polar surface area (TPSA) is 37.3 Å². The van der Waals surface area contributed by atoms with E-state index in [2.05, 4.69) is 56.2 Å². The molecule has 0 amide bonds. The number of hydrogen-bond acceptors (Lipinski definition) is 3. The van der Waals surface area contributed by atoms with Crippen LogP contribution >= 0.6 is 31.9 Å². The van der Waals surface area contributed by atoms with Gasteiger partial charge in [0.05, 0.1) is 4.47 Å². The van der Waals surface area contributed by atoms with Crippen LogP contribution in [-0.2, 0) is 6.54 Å². The first-order chi connectivity index (χ1) is 8.50. The Balaban J connectivity index is 2.34. The Labute approximate surface area is 125 Å². The molecule has 0 atom stereocenters. The molecular formula is C12H19Br2N3O. The van der Waals surface area contributed by atoms with Crippen molar-refractivity contribution >= 4 is 31.9 Å². The van der Waals surface area contributed by atoms with E-state index in [1.54, 1.807) is 10.6 Å². The molecule has 0 radical (unpaired) electrons. The summed E-state index contributed by atoms with van der Waals surface area (Å²) in [5.74, 6) is 0. The number of nitrogens with zero attached hydrogens (tertiary/aromatic N) is 2. The van der Waals surface area contributed by atoms with Crippen LogP contribution in [0.25, 0.3) is 0 Å². The summed E-state index contributed by atoms with van der Waals surface area (Å²) >= 11 is 6.64. The molecule has 18 heavy (non-hydrogen) atoms. The van der Waals surface area contributed by atoms with Gasteiger partial charge in [0.2, 0.25) is 0 Å². The van der Waals surface area contributed by atoms with E-state index in [0.717, 1.165) is 30.5 Å². The molecule has 1 aromatic rings. The number of nitrogens with one attached hydrogen (secondary N) is 1. The first kappa shape index (κ1) is 15.9. The summed E-state index contributed by atoms with van der Waals surface area (Å²) in [6.07, 6.45) is 2.93. The Hall–Kier alpha value is -0.170. The quantitative estimate of drug-likeness (QED) is 0.734. The molecule has 1 rings (SSSR count). The zero-order valence-corrected chi connectivity index (χ0v) is 13.9. The Morgan fingerprint density at radius 3 is 2.72 bits per heavy atom. The number of hydrogen-bond donors (Lipinski definition) is 1.